The molecule has 42 heavy (non-hydrogen) atoms. The first-order valence-corrected chi connectivity index (χ1v) is 15.5. The van der Waals surface area contributed by atoms with Gasteiger partial charge in [-0.05, 0) is 49.6 Å². The summed E-state index contributed by atoms with van der Waals surface area (Å²) >= 11 is 1.63. The number of rotatable bonds is 13. The highest BCUT2D eigenvalue weighted by Gasteiger charge is 2.74. The lowest BCUT2D eigenvalue weighted by molar-refractivity contribution is -0.143. The van der Waals surface area contributed by atoms with Gasteiger partial charge in [0.1, 0.15) is 11.8 Å². The maximum atomic E-state index is 14.4. The van der Waals surface area contributed by atoms with Gasteiger partial charge < -0.3 is 24.5 Å². The highest BCUT2D eigenvalue weighted by molar-refractivity contribution is 8.02. The molecule has 222 valence electrons. The van der Waals surface area contributed by atoms with Gasteiger partial charge in [-0.3, -0.25) is 14.4 Å². The van der Waals surface area contributed by atoms with Gasteiger partial charge in [0.2, 0.25) is 17.7 Å². The van der Waals surface area contributed by atoms with Crippen molar-refractivity contribution in [3.63, 3.8) is 0 Å². The lowest BCUT2D eigenvalue weighted by Gasteiger charge is -2.37. The standard InChI is InChI=1S/C33H39N3O5S/c1-4-18-34(22-23-10-8-7-9-11-23)32(40)29-33-17-16-26(42-33)27(28(33)31(39)36(29)20-21-37)30(38)35(19-5-2)24-12-14-25(15-13-24)41-6-3/h4-5,7-15,26-29,37H,1-2,6,16-22H2,3H3/t26-,27+,28-,29?,33?/m0/s1. The van der Waals surface area contributed by atoms with Gasteiger partial charge >= 0.3 is 0 Å². The Labute approximate surface area is 252 Å². The summed E-state index contributed by atoms with van der Waals surface area (Å²) in [5, 5.41) is 9.88. The molecule has 2 unspecified atom stereocenters. The summed E-state index contributed by atoms with van der Waals surface area (Å²) in [6.45, 7) is 11.0. The minimum absolute atomic E-state index is 0.0438. The lowest BCUT2D eigenvalue weighted by Crippen LogP contribution is -2.55. The van der Waals surface area contributed by atoms with Crippen LogP contribution in [-0.4, -0.2) is 81.5 Å². The van der Waals surface area contributed by atoms with Gasteiger partial charge in [-0.1, -0.05) is 42.5 Å². The van der Waals surface area contributed by atoms with Gasteiger partial charge in [-0.15, -0.1) is 24.9 Å². The fourth-order valence-corrected chi connectivity index (χ4v) is 9.15. The van der Waals surface area contributed by atoms with E-state index in [-0.39, 0.29) is 36.1 Å². The highest BCUT2D eigenvalue weighted by atomic mass is 32.2. The second-order valence-electron chi connectivity index (χ2n) is 11.0. The zero-order chi connectivity index (χ0) is 29.9. The fourth-order valence-electron chi connectivity index (χ4n) is 6.95. The van der Waals surface area contributed by atoms with Gasteiger partial charge in [-0.2, -0.15) is 0 Å². The lowest BCUT2D eigenvalue weighted by atomic mass is 9.70. The molecule has 9 heteroatoms. The monoisotopic (exact) mass is 589 g/mol. The molecule has 5 rings (SSSR count). The number of aliphatic hydroxyl groups is 1. The van der Waals surface area contributed by atoms with Crippen LogP contribution in [0.2, 0.25) is 0 Å². The van der Waals surface area contributed by atoms with E-state index >= 15 is 0 Å². The van der Waals surface area contributed by atoms with Crippen LogP contribution in [0, 0.1) is 11.8 Å². The summed E-state index contributed by atoms with van der Waals surface area (Å²) in [5.74, 6) is -1.04. The average Bonchev–Trinajstić information content (AvgIpc) is 3.64. The first-order valence-electron chi connectivity index (χ1n) is 14.6. The summed E-state index contributed by atoms with van der Waals surface area (Å²) in [7, 11) is 0. The number of β-amino-alcohol motifs (C(OH)–C–C–N with tert-alkyl or cyclic N) is 1. The molecule has 3 fully saturated rings. The van der Waals surface area contributed by atoms with Crippen molar-refractivity contribution in [2.75, 3.05) is 37.7 Å². The van der Waals surface area contributed by atoms with Crippen LogP contribution >= 0.6 is 11.8 Å². The van der Waals surface area contributed by atoms with E-state index in [2.05, 4.69) is 13.2 Å². The molecule has 2 aromatic carbocycles. The molecule has 5 atom stereocenters. The van der Waals surface area contributed by atoms with Crippen LogP contribution in [0.4, 0.5) is 5.69 Å². The van der Waals surface area contributed by atoms with Crippen molar-refractivity contribution in [1.82, 2.24) is 9.80 Å². The molecule has 0 saturated carbocycles. The number of thioether (sulfide) groups is 1. The van der Waals surface area contributed by atoms with Gasteiger partial charge in [-0.25, -0.2) is 0 Å². The number of hydrogen-bond acceptors (Lipinski definition) is 6. The minimum atomic E-state index is -0.767. The van der Waals surface area contributed by atoms with Crippen molar-refractivity contribution < 1.29 is 24.2 Å². The molecule has 2 bridgehead atoms. The van der Waals surface area contributed by atoms with Crippen LogP contribution in [0.15, 0.2) is 79.9 Å². The summed E-state index contributed by atoms with van der Waals surface area (Å²) in [6, 6.07) is 16.3. The topological polar surface area (TPSA) is 90.4 Å². The fraction of sp³-hybridized carbons (Fsp3) is 0.424. The van der Waals surface area contributed by atoms with E-state index < -0.39 is 22.6 Å². The smallest absolute Gasteiger partial charge is 0.247 e. The van der Waals surface area contributed by atoms with E-state index in [1.165, 1.54) is 4.90 Å². The van der Waals surface area contributed by atoms with Gasteiger partial charge in [0.25, 0.3) is 0 Å². The zero-order valence-corrected chi connectivity index (χ0v) is 24.9. The summed E-state index contributed by atoms with van der Waals surface area (Å²) in [5.41, 5.74) is 1.68. The molecule has 3 saturated heterocycles. The van der Waals surface area contributed by atoms with E-state index in [1.807, 2.05) is 61.5 Å². The minimum Gasteiger partial charge on any atom is -0.494 e. The molecule has 3 aliphatic heterocycles. The number of carbonyl (C=O) groups is 3. The summed E-state index contributed by atoms with van der Waals surface area (Å²) in [4.78, 5) is 47.8. The maximum Gasteiger partial charge on any atom is 0.247 e. The van der Waals surface area contributed by atoms with Gasteiger partial charge in [0.15, 0.2) is 0 Å². The predicted molar refractivity (Wildman–Crippen MR) is 165 cm³/mol. The first-order chi connectivity index (χ1) is 20.4. The first kappa shape index (κ1) is 29.9. The van der Waals surface area contributed by atoms with E-state index in [0.717, 1.165) is 12.0 Å². The normalized spacial score (nSPS) is 25.7. The average molecular weight is 590 g/mol. The van der Waals surface area contributed by atoms with E-state index in [4.69, 9.17) is 4.74 Å². The number of hydrogen-bond donors (Lipinski definition) is 1. The Bertz CT molecular complexity index is 1320. The predicted octanol–water partition coefficient (Wildman–Crippen LogP) is 3.90. The third-order valence-corrected chi connectivity index (χ3v) is 10.5. The highest BCUT2D eigenvalue weighted by Crippen LogP contribution is 2.66. The molecule has 8 nitrogen and oxygen atoms in total. The Morgan fingerprint density at radius 1 is 1.10 bits per heavy atom. The molecule has 0 aliphatic carbocycles. The number of carbonyl (C=O) groups excluding carboxylic acids is 3. The van der Waals surface area contributed by atoms with Crippen molar-refractivity contribution in [3.8, 4) is 5.75 Å². The van der Waals surface area contributed by atoms with E-state index in [0.29, 0.717) is 44.1 Å². The van der Waals surface area contributed by atoms with Crippen molar-refractivity contribution in [2.24, 2.45) is 11.8 Å². The van der Waals surface area contributed by atoms with Crippen LogP contribution < -0.4 is 9.64 Å². The number of fused-ring (bicyclic) bond motifs is 1. The Hall–Kier alpha value is -3.56. The zero-order valence-electron chi connectivity index (χ0n) is 24.1. The Morgan fingerprint density at radius 2 is 1.81 bits per heavy atom. The second kappa shape index (κ2) is 12.8. The largest absolute Gasteiger partial charge is 0.494 e. The number of anilines is 1. The SMILES string of the molecule is C=CCN(Cc1ccccc1)C(=O)C1N(CCO)C(=O)[C@@H]2[C@H](C(=O)N(CC=C)c3ccc(OCC)cc3)[C@@H]3CCC12S3. The molecule has 0 aromatic heterocycles. The third kappa shape index (κ3) is 5.24. The summed E-state index contributed by atoms with van der Waals surface area (Å²) in [6.07, 6.45) is 4.78. The van der Waals surface area contributed by atoms with Crippen LogP contribution in [0.3, 0.4) is 0 Å². The van der Waals surface area contributed by atoms with Crippen LogP contribution in [-0.2, 0) is 20.9 Å². The Morgan fingerprint density at radius 3 is 2.45 bits per heavy atom. The molecule has 3 heterocycles. The second-order valence-corrected chi connectivity index (χ2v) is 12.6. The van der Waals surface area contributed by atoms with Crippen molar-refractivity contribution >= 4 is 35.2 Å². The van der Waals surface area contributed by atoms with Crippen molar-refractivity contribution in [1.29, 1.82) is 0 Å². The number of benzene rings is 2. The molecule has 3 amide bonds. The van der Waals surface area contributed by atoms with E-state index in [1.54, 1.807) is 33.7 Å². The molecule has 2 aromatic rings. The quantitative estimate of drug-likeness (QED) is 0.357. The molecular formula is C33H39N3O5S. The Balaban J connectivity index is 1.48. The molecule has 0 radical (unpaired) electrons. The number of likely N-dealkylation sites (tertiary alicyclic amines) is 1. The van der Waals surface area contributed by atoms with E-state index in [9.17, 15) is 19.5 Å². The van der Waals surface area contributed by atoms with Crippen LogP contribution in [0.5, 0.6) is 5.75 Å². The van der Waals surface area contributed by atoms with Gasteiger partial charge in [0, 0.05) is 37.1 Å². The Kier molecular flexibility index (Phi) is 9.08. The van der Waals surface area contributed by atoms with Gasteiger partial charge in [0.05, 0.1) is 29.8 Å². The van der Waals surface area contributed by atoms with Crippen molar-refractivity contribution in [3.05, 3.63) is 85.5 Å². The molecule has 1 spiro atoms. The van der Waals surface area contributed by atoms with Crippen LogP contribution in [0.1, 0.15) is 25.3 Å². The number of amides is 3. The maximum absolute atomic E-state index is 14.4. The molecular weight excluding hydrogens is 550 g/mol. The number of aliphatic hydroxyl groups excluding tert-OH is 1. The number of ether oxygens (including phenoxy) is 1. The van der Waals surface area contributed by atoms with Crippen LogP contribution in [0.25, 0.3) is 0 Å². The van der Waals surface area contributed by atoms with Crippen molar-refractivity contribution in [2.45, 2.75) is 42.3 Å². The molecule has 3 aliphatic rings. The third-order valence-electron chi connectivity index (χ3n) is 8.57. The summed E-state index contributed by atoms with van der Waals surface area (Å²) < 4.78 is 4.84. The number of nitrogens with zero attached hydrogens (tertiary/aromatic N) is 3. The molecule has 1 N–H and O–H groups in total.